The Labute approximate surface area is 118 Å². The molecule has 17 heavy (non-hydrogen) atoms. The maximum atomic E-state index is 11.4. The Hall–Kier alpha value is -0.0100. The zero-order valence-electron chi connectivity index (χ0n) is 10.1. The Morgan fingerprint density at radius 1 is 1.00 bits per heavy atom. The lowest BCUT2D eigenvalue weighted by atomic mass is 10.4. The summed E-state index contributed by atoms with van der Waals surface area (Å²) in [4.78, 5) is 22.7. The van der Waals surface area contributed by atoms with E-state index in [1.807, 2.05) is 13.8 Å². The van der Waals surface area contributed by atoms with Gasteiger partial charge in [0.25, 0.3) is 0 Å². The third-order valence-corrected chi connectivity index (χ3v) is 4.33. The molecule has 0 aromatic heterocycles. The molecule has 7 heteroatoms. The van der Waals surface area contributed by atoms with Gasteiger partial charge in [0.1, 0.15) is 0 Å². The number of carbonyl (C=O) groups is 2. The Balaban J connectivity index is 3.75. The van der Waals surface area contributed by atoms with Crippen LogP contribution in [0.2, 0.25) is 0 Å². The molecule has 0 bridgehead atoms. The first-order valence-corrected chi connectivity index (χ1v) is 7.70. The van der Waals surface area contributed by atoms with Crippen LogP contribution in [0.15, 0.2) is 0 Å². The van der Waals surface area contributed by atoms with Crippen LogP contribution in [0.4, 0.5) is 0 Å². The first kappa shape index (κ1) is 17.0. The number of nitrogens with one attached hydrogen (secondary N) is 2. The van der Waals surface area contributed by atoms with Crippen molar-refractivity contribution in [1.29, 1.82) is 0 Å². The van der Waals surface area contributed by atoms with Gasteiger partial charge in [0, 0.05) is 24.6 Å². The molecule has 2 amide bonds. The van der Waals surface area contributed by atoms with Gasteiger partial charge in [-0.1, -0.05) is 0 Å². The summed E-state index contributed by atoms with van der Waals surface area (Å²) in [5.74, 6) is 1.01. The maximum absolute atomic E-state index is 11.4. The fraction of sp³-hybridized carbons (Fsp3) is 0.800. The number of amides is 2. The van der Waals surface area contributed by atoms with E-state index in [0.29, 0.717) is 24.6 Å². The molecule has 0 aromatic rings. The van der Waals surface area contributed by atoms with Crippen LogP contribution in [0.3, 0.4) is 0 Å². The number of carbonyl (C=O) groups excluding carboxylic acids is 2. The van der Waals surface area contributed by atoms with Crippen LogP contribution < -0.4 is 10.6 Å². The van der Waals surface area contributed by atoms with Gasteiger partial charge >= 0.3 is 0 Å². The molecule has 0 rings (SSSR count). The average molecular weight is 296 g/mol. The van der Waals surface area contributed by atoms with E-state index in [0.717, 1.165) is 0 Å². The van der Waals surface area contributed by atoms with Gasteiger partial charge in [-0.15, -0.1) is 0 Å². The number of hydrogen-bond donors (Lipinski definition) is 4. The SMILES string of the molecule is CCNC(=O)C(S)CSCC(S)C(=O)NCC. The predicted octanol–water partition coefficient (Wildman–Crippen LogP) is 0.589. The van der Waals surface area contributed by atoms with Gasteiger partial charge in [-0.25, -0.2) is 0 Å². The molecule has 100 valence electrons. The molecular formula is C10H20N2O2S3. The van der Waals surface area contributed by atoms with Crippen LogP contribution in [-0.4, -0.2) is 46.9 Å². The van der Waals surface area contributed by atoms with Gasteiger partial charge in [0.2, 0.25) is 11.8 Å². The van der Waals surface area contributed by atoms with Gasteiger partial charge in [-0.05, 0) is 13.8 Å². The quantitative estimate of drug-likeness (QED) is 0.496. The number of thioether (sulfide) groups is 1. The van der Waals surface area contributed by atoms with Gasteiger partial charge < -0.3 is 10.6 Å². The van der Waals surface area contributed by atoms with Crippen LogP contribution in [-0.2, 0) is 9.59 Å². The topological polar surface area (TPSA) is 58.2 Å². The second kappa shape index (κ2) is 9.96. The highest BCUT2D eigenvalue weighted by atomic mass is 32.2. The standard InChI is InChI=1S/C10H20N2O2S3/c1-3-11-9(13)7(15)5-17-6-8(16)10(14)12-4-2/h7-8,15-16H,3-6H2,1-2H3,(H,11,13)(H,12,14). The molecule has 2 N–H and O–H groups in total. The van der Waals surface area contributed by atoms with Crippen molar-refractivity contribution in [3.8, 4) is 0 Å². The monoisotopic (exact) mass is 296 g/mol. The number of rotatable bonds is 8. The highest BCUT2D eigenvalue weighted by Crippen LogP contribution is 2.12. The number of hydrogen-bond acceptors (Lipinski definition) is 5. The summed E-state index contributed by atoms with van der Waals surface area (Å²) in [6.07, 6.45) is 0. The molecule has 0 saturated carbocycles. The Bertz CT molecular complexity index is 228. The van der Waals surface area contributed by atoms with Crippen molar-refractivity contribution >= 4 is 48.8 Å². The molecule has 0 spiro atoms. The fourth-order valence-electron chi connectivity index (χ4n) is 1.03. The zero-order chi connectivity index (χ0) is 13.3. The molecule has 0 aliphatic carbocycles. The van der Waals surface area contributed by atoms with Crippen molar-refractivity contribution in [1.82, 2.24) is 10.6 Å². The lowest BCUT2D eigenvalue weighted by molar-refractivity contribution is -0.120. The van der Waals surface area contributed by atoms with Crippen LogP contribution in [0.1, 0.15) is 13.8 Å². The lowest BCUT2D eigenvalue weighted by Gasteiger charge is -2.12. The minimum Gasteiger partial charge on any atom is -0.355 e. The van der Waals surface area contributed by atoms with E-state index in [2.05, 4.69) is 35.9 Å². The molecular weight excluding hydrogens is 276 g/mol. The van der Waals surface area contributed by atoms with Gasteiger partial charge in [-0.3, -0.25) is 9.59 Å². The molecule has 0 saturated heterocycles. The van der Waals surface area contributed by atoms with Crippen LogP contribution in [0.5, 0.6) is 0 Å². The highest BCUT2D eigenvalue weighted by Gasteiger charge is 2.16. The van der Waals surface area contributed by atoms with Crippen molar-refractivity contribution in [3.63, 3.8) is 0 Å². The van der Waals surface area contributed by atoms with Crippen molar-refractivity contribution in [2.45, 2.75) is 24.3 Å². The lowest BCUT2D eigenvalue weighted by Crippen LogP contribution is -2.34. The predicted molar refractivity (Wildman–Crippen MR) is 80.2 cm³/mol. The minimum absolute atomic E-state index is 0.0722. The first-order valence-electron chi connectivity index (χ1n) is 5.52. The van der Waals surface area contributed by atoms with Gasteiger partial charge in [0.05, 0.1) is 10.5 Å². The Kier molecular flexibility index (Phi) is 9.96. The van der Waals surface area contributed by atoms with Crippen LogP contribution in [0.25, 0.3) is 0 Å². The summed E-state index contributed by atoms with van der Waals surface area (Å²) in [5.41, 5.74) is 0. The smallest absolute Gasteiger partial charge is 0.233 e. The second-order valence-electron chi connectivity index (χ2n) is 3.36. The van der Waals surface area contributed by atoms with E-state index in [4.69, 9.17) is 0 Å². The van der Waals surface area contributed by atoms with E-state index in [1.165, 1.54) is 11.8 Å². The minimum atomic E-state index is -0.338. The van der Waals surface area contributed by atoms with E-state index < -0.39 is 0 Å². The van der Waals surface area contributed by atoms with Crippen molar-refractivity contribution in [2.75, 3.05) is 24.6 Å². The molecule has 0 radical (unpaired) electrons. The molecule has 4 nitrogen and oxygen atoms in total. The van der Waals surface area contributed by atoms with Crippen molar-refractivity contribution in [3.05, 3.63) is 0 Å². The average Bonchev–Trinajstić information content (AvgIpc) is 2.29. The third-order valence-electron chi connectivity index (χ3n) is 1.86. The second-order valence-corrected chi connectivity index (χ2v) is 5.68. The molecule has 2 atom stereocenters. The molecule has 0 aliphatic heterocycles. The first-order chi connectivity index (χ1) is 8.02. The van der Waals surface area contributed by atoms with E-state index >= 15 is 0 Å². The summed E-state index contributed by atoms with van der Waals surface area (Å²) < 4.78 is 0. The summed E-state index contributed by atoms with van der Waals surface area (Å²) >= 11 is 9.90. The maximum Gasteiger partial charge on any atom is 0.233 e. The molecule has 0 aliphatic rings. The largest absolute Gasteiger partial charge is 0.355 e. The summed E-state index contributed by atoms with van der Waals surface area (Å²) in [7, 11) is 0. The van der Waals surface area contributed by atoms with Crippen molar-refractivity contribution < 1.29 is 9.59 Å². The van der Waals surface area contributed by atoms with E-state index in [1.54, 1.807) is 0 Å². The van der Waals surface area contributed by atoms with Crippen LogP contribution >= 0.6 is 37.0 Å². The number of thiol groups is 2. The third kappa shape index (κ3) is 7.83. The van der Waals surface area contributed by atoms with Gasteiger partial charge in [-0.2, -0.15) is 37.0 Å². The summed E-state index contributed by atoms with van der Waals surface area (Å²) in [6, 6.07) is 0. The van der Waals surface area contributed by atoms with Gasteiger partial charge in [0.15, 0.2) is 0 Å². The van der Waals surface area contributed by atoms with E-state index in [-0.39, 0.29) is 22.3 Å². The summed E-state index contributed by atoms with van der Waals surface area (Å²) in [6.45, 7) is 4.94. The molecule has 0 fully saturated rings. The molecule has 0 aromatic carbocycles. The van der Waals surface area contributed by atoms with E-state index in [9.17, 15) is 9.59 Å². The normalized spacial score (nSPS) is 13.9. The summed E-state index contributed by atoms with van der Waals surface area (Å²) in [5, 5.41) is 4.72. The Morgan fingerprint density at radius 3 is 1.65 bits per heavy atom. The zero-order valence-corrected chi connectivity index (χ0v) is 12.7. The molecule has 0 heterocycles. The highest BCUT2D eigenvalue weighted by molar-refractivity contribution is 8.01. The Morgan fingerprint density at radius 2 is 1.35 bits per heavy atom. The molecule has 2 unspecified atom stereocenters. The van der Waals surface area contributed by atoms with Crippen molar-refractivity contribution in [2.24, 2.45) is 0 Å². The van der Waals surface area contributed by atoms with Crippen LogP contribution in [0, 0.1) is 0 Å². The fourth-order valence-corrected chi connectivity index (χ4v) is 2.73.